The van der Waals surface area contributed by atoms with Crippen LogP contribution in [0.15, 0.2) is 425 Å². The second kappa shape index (κ2) is 30.9. The van der Waals surface area contributed by atoms with Gasteiger partial charge in [0.2, 0.25) is 0 Å². The van der Waals surface area contributed by atoms with Crippen LogP contribution in [0.3, 0.4) is 0 Å². The van der Waals surface area contributed by atoms with Crippen LogP contribution in [0.2, 0.25) is 0 Å². The summed E-state index contributed by atoms with van der Waals surface area (Å²) in [5.41, 5.74) is 24.7. The van der Waals surface area contributed by atoms with E-state index in [2.05, 4.69) is 351 Å². The Morgan fingerprint density at radius 2 is 0.960 bits per heavy atom. The predicted octanol–water partition coefficient (Wildman–Crippen LogP) is 24.9. The molecule has 0 N–H and O–H groups in total. The number of para-hydroxylation sites is 4. The van der Waals surface area contributed by atoms with Crippen molar-refractivity contribution in [3.8, 4) is 50.2 Å². The minimum absolute atomic E-state index is 0.722. The highest BCUT2D eigenvalue weighted by molar-refractivity contribution is 5.94. The lowest BCUT2D eigenvalue weighted by Crippen LogP contribution is -2.17. The molecular formula is C96H78N4O. The molecule has 5 heteroatoms. The van der Waals surface area contributed by atoms with Crippen LogP contribution in [0, 0.1) is 0 Å². The Morgan fingerprint density at radius 1 is 0.446 bits per heavy atom. The second-order valence-corrected chi connectivity index (χ2v) is 24.6. The van der Waals surface area contributed by atoms with Crippen molar-refractivity contribution in [1.82, 2.24) is 4.57 Å². The van der Waals surface area contributed by atoms with Gasteiger partial charge < -0.3 is 23.7 Å². The Bertz CT molecular complexity index is 5440. The third kappa shape index (κ3) is 14.9. The monoisotopic (exact) mass is 1300 g/mol. The molecule has 10 aromatic carbocycles. The maximum Gasteiger partial charge on any atom is 0.143 e. The molecule has 0 spiro atoms. The van der Waals surface area contributed by atoms with Crippen molar-refractivity contribution in [2.75, 3.05) is 14.7 Å². The van der Waals surface area contributed by atoms with Crippen LogP contribution in [0.25, 0.3) is 90.3 Å². The van der Waals surface area contributed by atoms with E-state index in [0.29, 0.717) is 0 Å². The van der Waals surface area contributed by atoms with E-state index in [9.17, 15) is 0 Å². The third-order valence-corrected chi connectivity index (χ3v) is 18.2. The summed E-state index contributed by atoms with van der Waals surface area (Å²) >= 11 is 0. The van der Waals surface area contributed by atoms with Crippen molar-refractivity contribution < 1.29 is 4.42 Å². The molecule has 0 fully saturated rings. The van der Waals surface area contributed by atoms with Gasteiger partial charge in [0, 0.05) is 79.3 Å². The molecule has 13 rings (SSSR count). The molecule has 2 aromatic heterocycles. The Hall–Kier alpha value is -13.2. The summed E-state index contributed by atoms with van der Waals surface area (Å²) in [6.07, 6.45) is 27.9. The number of hydrogen-bond acceptors (Lipinski definition) is 4. The molecule has 1 aliphatic rings. The standard InChI is InChI=1S/C96H78N4O/c1-9-25-83(11-3)99(85-29-15-12-16-30-85)90-64-54-79(55-65-90)77-50-60-88(61-51-77)98(89-62-52-78(53-63-89)80-56-66-91(67-57-80)100(86-31-17-13-18-32-86)87-33-19-14-20-34-87)72(7)41-40-70(5)69(4)38-39-71(6)74-48-58-84(59-49-74)97-68-24-28-75(44-47-82-27-21-22-37-94(82)97)76-42-45-81(46-43-76)93-36-23-35-92-73(8)95(26-10-2)101-96(92)93/h9-19,21-33,35-68H,1-8,20,34H2. The Kier molecular flexibility index (Phi) is 20.3. The smallest absolute Gasteiger partial charge is 0.143 e. The summed E-state index contributed by atoms with van der Waals surface area (Å²) in [6.45, 7) is 34.3. The van der Waals surface area contributed by atoms with Crippen molar-refractivity contribution in [2.24, 2.45) is 0 Å². The van der Waals surface area contributed by atoms with Gasteiger partial charge >= 0.3 is 0 Å². The van der Waals surface area contributed by atoms with E-state index in [4.69, 9.17) is 4.42 Å². The average Bonchev–Trinajstić information content (AvgIpc) is 1.67. The molecule has 488 valence electrons. The molecule has 0 radical (unpaired) electrons. The van der Waals surface area contributed by atoms with E-state index in [1.54, 1.807) is 12.2 Å². The van der Waals surface area contributed by atoms with Gasteiger partial charge in [-0.1, -0.05) is 271 Å². The minimum atomic E-state index is 0.722. The van der Waals surface area contributed by atoms with Gasteiger partial charge in [-0.3, -0.25) is 0 Å². The zero-order valence-electron chi connectivity index (χ0n) is 56.8. The zero-order chi connectivity index (χ0) is 69.6. The molecule has 0 amide bonds. The lowest BCUT2D eigenvalue weighted by molar-refractivity contribution is 0.577. The number of allylic oxidation sites excluding steroid dienone is 15. The van der Waals surface area contributed by atoms with E-state index in [-0.39, 0.29) is 0 Å². The number of aromatic nitrogens is 1. The van der Waals surface area contributed by atoms with Crippen molar-refractivity contribution in [2.45, 2.75) is 12.8 Å². The molecule has 0 aliphatic heterocycles. The van der Waals surface area contributed by atoms with Crippen LogP contribution in [0.1, 0.15) is 18.4 Å². The highest BCUT2D eigenvalue weighted by atomic mass is 16.3. The van der Waals surface area contributed by atoms with E-state index in [1.165, 1.54) is 5.70 Å². The Labute approximate surface area is 593 Å². The number of furan rings is 1. The summed E-state index contributed by atoms with van der Waals surface area (Å²) in [6, 6.07) is 96.1. The maximum atomic E-state index is 6.29. The fourth-order valence-corrected chi connectivity index (χ4v) is 12.8. The fourth-order valence-electron chi connectivity index (χ4n) is 12.8. The van der Waals surface area contributed by atoms with Crippen LogP contribution in [0.4, 0.5) is 34.1 Å². The molecular weight excluding hydrogens is 1230 g/mol. The summed E-state index contributed by atoms with van der Waals surface area (Å²) in [5, 5.41) is 2.94. The van der Waals surface area contributed by atoms with Gasteiger partial charge in [-0.25, -0.2) is 0 Å². The highest BCUT2D eigenvalue weighted by Crippen LogP contribution is 2.39. The van der Waals surface area contributed by atoms with E-state index in [1.807, 2.05) is 60.7 Å². The van der Waals surface area contributed by atoms with Gasteiger partial charge in [0.25, 0.3) is 0 Å². The Balaban J connectivity index is 0.723. The molecule has 0 saturated carbocycles. The molecule has 12 aromatic rings. The molecule has 0 unspecified atom stereocenters. The molecule has 5 nitrogen and oxygen atoms in total. The summed E-state index contributed by atoms with van der Waals surface area (Å²) in [7, 11) is 0. The normalized spacial score (nSPS) is 12.3. The maximum absolute atomic E-state index is 6.29. The fraction of sp³-hybridized carbons (Fsp3) is 0.0208. The van der Waals surface area contributed by atoms with Crippen molar-refractivity contribution >= 4 is 74.2 Å². The van der Waals surface area contributed by atoms with E-state index >= 15 is 0 Å². The van der Waals surface area contributed by atoms with Gasteiger partial charge in [-0.15, -0.1) is 0 Å². The first-order valence-electron chi connectivity index (χ1n) is 33.9. The van der Waals surface area contributed by atoms with Crippen molar-refractivity contribution in [3.05, 3.63) is 437 Å². The predicted molar refractivity (Wildman–Crippen MR) is 434 cm³/mol. The summed E-state index contributed by atoms with van der Waals surface area (Å²) in [4.78, 5) is 6.71. The summed E-state index contributed by atoms with van der Waals surface area (Å²) in [5.74, 6) is 0. The number of rotatable bonds is 23. The number of anilines is 6. The second-order valence-electron chi connectivity index (χ2n) is 24.6. The number of nitrogens with zero attached hydrogens (tertiary/aromatic N) is 4. The third-order valence-electron chi connectivity index (χ3n) is 18.2. The first kappa shape index (κ1) is 66.4. The number of hydrogen-bond donors (Lipinski definition) is 0. The molecule has 0 saturated heterocycles. The first-order valence-corrected chi connectivity index (χ1v) is 33.9. The van der Waals surface area contributed by atoms with Crippen LogP contribution in [-0.2, 0) is 0 Å². The van der Waals surface area contributed by atoms with E-state index < -0.39 is 0 Å². The lowest BCUT2D eigenvalue weighted by Gasteiger charge is -2.29. The zero-order valence-corrected chi connectivity index (χ0v) is 56.8. The van der Waals surface area contributed by atoms with Crippen molar-refractivity contribution in [1.29, 1.82) is 0 Å². The molecule has 1 aliphatic carbocycles. The number of benzene rings is 10. The lowest BCUT2D eigenvalue weighted by atomic mass is 9.99. The van der Waals surface area contributed by atoms with Crippen LogP contribution in [-0.4, -0.2) is 4.57 Å². The Morgan fingerprint density at radius 3 is 1.54 bits per heavy atom. The van der Waals surface area contributed by atoms with Crippen molar-refractivity contribution in [3.63, 3.8) is 0 Å². The molecule has 2 heterocycles. The van der Waals surface area contributed by atoms with Crippen LogP contribution in [0.5, 0.6) is 0 Å². The average molecular weight is 1300 g/mol. The van der Waals surface area contributed by atoms with Gasteiger partial charge in [-0.2, -0.15) is 0 Å². The topological polar surface area (TPSA) is 27.8 Å². The largest absolute Gasteiger partial charge is 0.455 e. The minimum Gasteiger partial charge on any atom is -0.455 e. The van der Waals surface area contributed by atoms with Gasteiger partial charge in [0.1, 0.15) is 11.0 Å². The summed E-state index contributed by atoms with van der Waals surface area (Å²) < 4.78 is 8.51. The first-order chi connectivity index (χ1) is 49.5. The molecule has 0 atom stereocenters. The van der Waals surface area contributed by atoms with Crippen LogP contribution >= 0.6 is 0 Å². The van der Waals surface area contributed by atoms with Crippen LogP contribution < -0.4 is 25.3 Å². The molecule has 101 heavy (non-hydrogen) atoms. The van der Waals surface area contributed by atoms with Gasteiger partial charge in [-0.05, 0) is 207 Å². The quantitative estimate of drug-likeness (QED) is 0.0597. The van der Waals surface area contributed by atoms with Gasteiger partial charge in [0.05, 0.1) is 5.52 Å². The van der Waals surface area contributed by atoms with Gasteiger partial charge in [0.15, 0.2) is 0 Å². The SMILES string of the molecule is C=CC=C(C=C)N(c1ccccc1)c1ccc(-c2ccc(N(C(=C)C=CC(=C)C(=C)C=CC(=C)c3ccc(-n4cccc(-c5ccc(-c6cccc7c(=C)c(=CC=C)oc67)cc5)ccc5ccccc54)cc3)c3ccc(-c4ccc(N(C5=CC=CCC5)c5ccccc5)cc4)cc3)cc2)cc1. The number of fused-ring (bicyclic) bond motifs is 2. The highest BCUT2D eigenvalue weighted by Gasteiger charge is 2.19. The van der Waals surface area contributed by atoms with E-state index in [0.717, 1.165) is 163 Å². The molecule has 0 bridgehead atoms.